The van der Waals surface area contributed by atoms with Crippen LogP contribution in [0.3, 0.4) is 0 Å². The summed E-state index contributed by atoms with van der Waals surface area (Å²) in [5.74, 6) is 0.594. The molecule has 1 aliphatic carbocycles. The topological polar surface area (TPSA) is 68.5 Å². The number of aromatic nitrogens is 1. The largest absolute Gasteiger partial charge is 0.490 e. The molecule has 1 fully saturated rings. The third-order valence-corrected chi connectivity index (χ3v) is 3.38. The maximum atomic E-state index is 11.8. The molecule has 1 aromatic heterocycles. The second kappa shape index (κ2) is 6.02. The SMILES string of the molecule is CN(C)C(=O)c1cc(OC2CCC(N)CC2)ccn1. The van der Waals surface area contributed by atoms with Crippen LogP contribution in [0.15, 0.2) is 18.3 Å². The Kier molecular flexibility index (Phi) is 4.37. The molecule has 0 unspecified atom stereocenters. The van der Waals surface area contributed by atoms with Crippen molar-refractivity contribution in [2.75, 3.05) is 14.1 Å². The number of ether oxygens (including phenoxy) is 1. The van der Waals surface area contributed by atoms with Gasteiger partial charge in [-0.05, 0) is 31.7 Å². The van der Waals surface area contributed by atoms with E-state index >= 15 is 0 Å². The summed E-state index contributed by atoms with van der Waals surface area (Å²) in [6.45, 7) is 0. The molecule has 1 aromatic rings. The minimum atomic E-state index is -0.115. The monoisotopic (exact) mass is 263 g/mol. The van der Waals surface area contributed by atoms with Crippen molar-refractivity contribution in [3.05, 3.63) is 24.0 Å². The smallest absolute Gasteiger partial charge is 0.272 e. The second-order valence-electron chi connectivity index (χ2n) is 5.23. The lowest BCUT2D eigenvalue weighted by Gasteiger charge is -2.26. The van der Waals surface area contributed by atoms with Gasteiger partial charge in [0.1, 0.15) is 11.4 Å². The van der Waals surface area contributed by atoms with E-state index in [-0.39, 0.29) is 12.0 Å². The number of nitrogens with two attached hydrogens (primary N) is 1. The quantitative estimate of drug-likeness (QED) is 0.895. The summed E-state index contributed by atoms with van der Waals surface area (Å²) < 4.78 is 5.91. The number of pyridine rings is 1. The van der Waals surface area contributed by atoms with Gasteiger partial charge in [-0.2, -0.15) is 0 Å². The van der Waals surface area contributed by atoms with Gasteiger partial charge in [-0.3, -0.25) is 9.78 Å². The molecule has 0 atom stereocenters. The van der Waals surface area contributed by atoms with Crippen LogP contribution in [0.25, 0.3) is 0 Å². The van der Waals surface area contributed by atoms with Gasteiger partial charge in [-0.25, -0.2) is 0 Å². The Morgan fingerprint density at radius 1 is 1.37 bits per heavy atom. The van der Waals surface area contributed by atoms with Gasteiger partial charge in [-0.15, -0.1) is 0 Å². The highest BCUT2D eigenvalue weighted by molar-refractivity contribution is 5.92. The lowest BCUT2D eigenvalue weighted by Crippen LogP contribution is -2.31. The maximum Gasteiger partial charge on any atom is 0.272 e. The lowest BCUT2D eigenvalue weighted by molar-refractivity contribution is 0.0820. The fraction of sp³-hybridized carbons (Fsp3) is 0.571. The number of amides is 1. The van der Waals surface area contributed by atoms with E-state index in [1.807, 2.05) is 0 Å². The van der Waals surface area contributed by atoms with Crippen LogP contribution >= 0.6 is 0 Å². The minimum absolute atomic E-state index is 0.115. The van der Waals surface area contributed by atoms with Crippen LogP contribution in [0.4, 0.5) is 0 Å². The highest BCUT2D eigenvalue weighted by atomic mass is 16.5. The first-order chi connectivity index (χ1) is 9.06. The fourth-order valence-electron chi connectivity index (χ4n) is 2.23. The predicted molar refractivity (Wildman–Crippen MR) is 73.1 cm³/mol. The molecule has 19 heavy (non-hydrogen) atoms. The average molecular weight is 263 g/mol. The van der Waals surface area contributed by atoms with Crippen molar-refractivity contribution in [2.24, 2.45) is 5.73 Å². The Balaban J connectivity index is 2.01. The second-order valence-corrected chi connectivity index (χ2v) is 5.23. The number of carbonyl (C=O) groups excluding carboxylic acids is 1. The third-order valence-electron chi connectivity index (χ3n) is 3.38. The van der Waals surface area contributed by atoms with E-state index in [2.05, 4.69) is 4.98 Å². The lowest BCUT2D eigenvalue weighted by atomic mass is 9.94. The maximum absolute atomic E-state index is 11.8. The van der Waals surface area contributed by atoms with E-state index in [1.165, 1.54) is 4.90 Å². The van der Waals surface area contributed by atoms with Crippen LogP contribution in [0.1, 0.15) is 36.2 Å². The summed E-state index contributed by atoms with van der Waals surface area (Å²) in [5, 5.41) is 0. The first kappa shape index (κ1) is 13.8. The Labute approximate surface area is 113 Å². The summed E-state index contributed by atoms with van der Waals surface area (Å²) in [6, 6.07) is 3.81. The highest BCUT2D eigenvalue weighted by Crippen LogP contribution is 2.23. The van der Waals surface area contributed by atoms with Crippen molar-refractivity contribution >= 4 is 5.91 Å². The molecule has 1 amide bonds. The van der Waals surface area contributed by atoms with Gasteiger partial charge in [0.2, 0.25) is 0 Å². The molecule has 1 aliphatic rings. The molecule has 1 heterocycles. The van der Waals surface area contributed by atoms with Gasteiger partial charge in [0.05, 0.1) is 6.10 Å². The Morgan fingerprint density at radius 2 is 2.05 bits per heavy atom. The molecule has 0 radical (unpaired) electrons. The molecular formula is C14H21N3O2. The first-order valence-corrected chi connectivity index (χ1v) is 6.66. The van der Waals surface area contributed by atoms with Crippen molar-refractivity contribution in [2.45, 2.75) is 37.8 Å². The van der Waals surface area contributed by atoms with Crippen molar-refractivity contribution in [3.63, 3.8) is 0 Å². The number of rotatable bonds is 3. The van der Waals surface area contributed by atoms with E-state index in [1.54, 1.807) is 32.4 Å². The van der Waals surface area contributed by atoms with Crippen LogP contribution < -0.4 is 10.5 Å². The zero-order valence-corrected chi connectivity index (χ0v) is 11.5. The zero-order chi connectivity index (χ0) is 13.8. The first-order valence-electron chi connectivity index (χ1n) is 6.66. The molecule has 2 N–H and O–H groups in total. The van der Waals surface area contributed by atoms with Gasteiger partial charge in [0, 0.05) is 32.4 Å². The molecule has 0 bridgehead atoms. The van der Waals surface area contributed by atoms with Crippen LogP contribution in [-0.4, -0.2) is 42.0 Å². The summed E-state index contributed by atoms with van der Waals surface area (Å²) in [7, 11) is 3.42. The molecule has 0 spiro atoms. The molecule has 0 aliphatic heterocycles. The summed E-state index contributed by atoms with van der Waals surface area (Å²) in [4.78, 5) is 17.4. The number of hydrogen-bond donors (Lipinski definition) is 1. The third kappa shape index (κ3) is 3.67. The summed E-state index contributed by atoms with van der Waals surface area (Å²) in [6.07, 6.45) is 5.75. The summed E-state index contributed by atoms with van der Waals surface area (Å²) in [5.41, 5.74) is 6.28. The van der Waals surface area contributed by atoms with Crippen molar-refractivity contribution < 1.29 is 9.53 Å². The van der Waals surface area contributed by atoms with Crippen molar-refractivity contribution in [1.29, 1.82) is 0 Å². The molecule has 0 saturated heterocycles. The number of hydrogen-bond acceptors (Lipinski definition) is 4. The van der Waals surface area contributed by atoms with Gasteiger partial charge < -0.3 is 15.4 Å². The van der Waals surface area contributed by atoms with Gasteiger partial charge in [0.15, 0.2) is 0 Å². The normalized spacial score (nSPS) is 22.9. The molecule has 0 aromatic carbocycles. The van der Waals surface area contributed by atoms with E-state index in [4.69, 9.17) is 10.5 Å². The molecule has 5 heteroatoms. The van der Waals surface area contributed by atoms with Gasteiger partial charge >= 0.3 is 0 Å². The molecular weight excluding hydrogens is 242 g/mol. The van der Waals surface area contributed by atoms with Crippen LogP contribution in [0.5, 0.6) is 5.75 Å². The van der Waals surface area contributed by atoms with Crippen LogP contribution in [0.2, 0.25) is 0 Å². The van der Waals surface area contributed by atoms with E-state index in [9.17, 15) is 4.79 Å². The summed E-state index contributed by atoms with van der Waals surface area (Å²) >= 11 is 0. The number of carbonyl (C=O) groups is 1. The predicted octanol–water partition coefficient (Wildman–Crippen LogP) is 1.43. The average Bonchev–Trinajstić information content (AvgIpc) is 2.41. The van der Waals surface area contributed by atoms with Crippen LogP contribution in [-0.2, 0) is 0 Å². The van der Waals surface area contributed by atoms with E-state index in [0.29, 0.717) is 17.5 Å². The Morgan fingerprint density at radius 3 is 2.68 bits per heavy atom. The van der Waals surface area contributed by atoms with Crippen LogP contribution in [0, 0.1) is 0 Å². The molecule has 5 nitrogen and oxygen atoms in total. The Hall–Kier alpha value is -1.62. The van der Waals surface area contributed by atoms with Crippen molar-refractivity contribution in [3.8, 4) is 5.75 Å². The fourth-order valence-corrected chi connectivity index (χ4v) is 2.23. The molecule has 1 saturated carbocycles. The standard InChI is InChI=1S/C14H21N3O2/c1-17(2)14(18)13-9-12(7-8-16-13)19-11-5-3-10(15)4-6-11/h7-11H,3-6,15H2,1-2H3. The Bertz CT molecular complexity index is 440. The molecule has 104 valence electrons. The molecule has 2 rings (SSSR count). The van der Waals surface area contributed by atoms with Crippen molar-refractivity contribution in [1.82, 2.24) is 9.88 Å². The minimum Gasteiger partial charge on any atom is -0.490 e. The zero-order valence-electron chi connectivity index (χ0n) is 11.5. The van der Waals surface area contributed by atoms with Gasteiger partial charge in [0.25, 0.3) is 5.91 Å². The van der Waals surface area contributed by atoms with E-state index in [0.717, 1.165) is 25.7 Å². The van der Waals surface area contributed by atoms with E-state index < -0.39 is 0 Å². The van der Waals surface area contributed by atoms with Gasteiger partial charge in [-0.1, -0.05) is 0 Å². The number of nitrogens with zero attached hydrogens (tertiary/aromatic N) is 2. The highest BCUT2D eigenvalue weighted by Gasteiger charge is 2.20.